The summed E-state index contributed by atoms with van der Waals surface area (Å²) in [5.41, 5.74) is 1.72. The van der Waals surface area contributed by atoms with Gasteiger partial charge in [-0.2, -0.15) is 0 Å². The first-order valence-corrected chi connectivity index (χ1v) is 10.7. The molecule has 2 N–H and O–H groups in total. The lowest BCUT2D eigenvalue weighted by molar-refractivity contribution is -0.122. The Bertz CT molecular complexity index is 850. The molecule has 1 saturated carbocycles. The number of hydrogen-bond donors (Lipinski definition) is 2. The molecule has 29 heavy (non-hydrogen) atoms. The molecule has 4 nitrogen and oxygen atoms in total. The fourth-order valence-corrected chi connectivity index (χ4v) is 5.16. The van der Waals surface area contributed by atoms with Gasteiger partial charge < -0.3 is 14.9 Å². The van der Waals surface area contributed by atoms with E-state index in [1.807, 2.05) is 30.3 Å². The van der Waals surface area contributed by atoms with Gasteiger partial charge >= 0.3 is 0 Å². The average Bonchev–Trinajstić information content (AvgIpc) is 2.75. The second-order valence-electron chi connectivity index (χ2n) is 8.39. The highest BCUT2D eigenvalue weighted by Gasteiger charge is 2.48. The van der Waals surface area contributed by atoms with E-state index in [9.17, 15) is 10.2 Å². The summed E-state index contributed by atoms with van der Waals surface area (Å²) in [7, 11) is 1.58. The topological polar surface area (TPSA) is 52.9 Å². The normalized spacial score (nSPS) is 27.7. The third-order valence-electron chi connectivity index (χ3n) is 6.67. The van der Waals surface area contributed by atoms with Gasteiger partial charge in [-0.3, -0.25) is 4.90 Å². The van der Waals surface area contributed by atoms with Crippen molar-refractivity contribution in [3.63, 3.8) is 0 Å². The Hall–Kier alpha value is -2.30. The Morgan fingerprint density at radius 3 is 2.76 bits per heavy atom. The van der Waals surface area contributed by atoms with Crippen LogP contribution in [0.3, 0.4) is 0 Å². The quantitative estimate of drug-likeness (QED) is 0.767. The number of rotatable bonds is 5. The zero-order valence-electron chi connectivity index (χ0n) is 17.1. The van der Waals surface area contributed by atoms with Crippen LogP contribution in [-0.2, 0) is 0 Å². The standard InChI is InChI=1S/C25H31NO3/c1-29-23-18-20(12-13-22(23)27)24-21-11-5-6-14-25(21,28)15-17-26(24)16-7-10-19-8-3-2-4-9-19/h2-4,7-10,12-13,18,21,24,27-28H,5-6,11,14-17H2,1H3/b10-7+/t21?,24-,25?/m0/s1. The van der Waals surface area contributed by atoms with Gasteiger partial charge in [0.2, 0.25) is 0 Å². The fourth-order valence-electron chi connectivity index (χ4n) is 5.16. The Balaban J connectivity index is 1.63. The molecular weight excluding hydrogens is 362 g/mol. The molecule has 1 heterocycles. The molecule has 2 aliphatic rings. The highest BCUT2D eigenvalue weighted by atomic mass is 16.5. The third kappa shape index (κ3) is 4.19. The van der Waals surface area contributed by atoms with Crippen LogP contribution in [0.1, 0.15) is 49.3 Å². The number of benzene rings is 2. The van der Waals surface area contributed by atoms with E-state index in [1.165, 1.54) is 5.56 Å². The smallest absolute Gasteiger partial charge is 0.160 e. The molecule has 1 aliphatic heterocycles. The molecule has 0 spiro atoms. The molecule has 2 unspecified atom stereocenters. The third-order valence-corrected chi connectivity index (χ3v) is 6.67. The Morgan fingerprint density at radius 2 is 1.97 bits per heavy atom. The summed E-state index contributed by atoms with van der Waals surface area (Å²) in [6.45, 7) is 1.69. The van der Waals surface area contributed by atoms with Crippen molar-refractivity contribution < 1.29 is 14.9 Å². The molecule has 0 radical (unpaired) electrons. The van der Waals surface area contributed by atoms with E-state index in [4.69, 9.17) is 4.74 Å². The number of likely N-dealkylation sites (tertiary alicyclic amines) is 1. The molecule has 4 rings (SSSR count). The lowest BCUT2D eigenvalue weighted by Crippen LogP contribution is -2.54. The number of nitrogens with zero attached hydrogens (tertiary/aromatic N) is 1. The van der Waals surface area contributed by atoms with E-state index in [-0.39, 0.29) is 17.7 Å². The van der Waals surface area contributed by atoms with Crippen LogP contribution < -0.4 is 4.74 Å². The molecule has 1 saturated heterocycles. The molecule has 154 valence electrons. The molecule has 0 aromatic heterocycles. The van der Waals surface area contributed by atoms with E-state index < -0.39 is 5.60 Å². The maximum absolute atomic E-state index is 11.4. The summed E-state index contributed by atoms with van der Waals surface area (Å²) >= 11 is 0. The zero-order valence-corrected chi connectivity index (χ0v) is 17.1. The first kappa shape index (κ1) is 20.0. The zero-order chi connectivity index (χ0) is 20.3. The SMILES string of the molecule is COc1cc([C@H]2C3CCCCC3(O)CCN2C/C=C/c2ccccc2)ccc1O. The number of ether oxygens (including phenoxy) is 1. The maximum atomic E-state index is 11.4. The van der Waals surface area contributed by atoms with Crippen molar-refractivity contribution in [2.45, 2.75) is 43.7 Å². The number of phenolic OH excluding ortho intramolecular Hbond substituents is 1. The molecule has 3 atom stereocenters. The number of fused-ring (bicyclic) bond motifs is 1. The summed E-state index contributed by atoms with van der Waals surface area (Å²) in [6.07, 6.45) is 9.38. The van der Waals surface area contributed by atoms with Crippen LogP contribution in [0.25, 0.3) is 6.08 Å². The molecule has 0 bridgehead atoms. The van der Waals surface area contributed by atoms with E-state index in [1.54, 1.807) is 13.2 Å². The van der Waals surface area contributed by atoms with Gasteiger partial charge in [0.1, 0.15) is 0 Å². The molecule has 4 heteroatoms. The second kappa shape index (κ2) is 8.60. The minimum absolute atomic E-state index is 0.115. The monoisotopic (exact) mass is 393 g/mol. The van der Waals surface area contributed by atoms with Crippen LogP contribution in [0.5, 0.6) is 11.5 Å². The van der Waals surface area contributed by atoms with Crippen LogP contribution in [0.4, 0.5) is 0 Å². The highest BCUT2D eigenvalue weighted by molar-refractivity contribution is 5.49. The first-order valence-electron chi connectivity index (χ1n) is 10.7. The van der Waals surface area contributed by atoms with Gasteiger partial charge in [-0.25, -0.2) is 0 Å². The number of methoxy groups -OCH3 is 1. The maximum Gasteiger partial charge on any atom is 0.160 e. The fraction of sp³-hybridized carbons (Fsp3) is 0.440. The van der Waals surface area contributed by atoms with Crippen LogP contribution in [-0.4, -0.2) is 40.9 Å². The summed E-state index contributed by atoms with van der Waals surface area (Å²) in [5.74, 6) is 0.845. The van der Waals surface area contributed by atoms with Gasteiger partial charge in [0, 0.05) is 25.0 Å². The summed E-state index contributed by atoms with van der Waals surface area (Å²) in [6, 6.07) is 16.1. The molecule has 1 aliphatic carbocycles. The van der Waals surface area contributed by atoms with Crippen molar-refractivity contribution >= 4 is 6.08 Å². The average molecular weight is 394 g/mol. The van der Waals surface area contributed by atoms with Gasteiger partial charge in [-0.05, 0) is 42.5 Å². The number of phenols is 1. The predicted octanol–water partition coefficient (Wildman–Crippen LogP) is 4.78. The predicted molar refractivity (Wildman–Crippen MR) is 116 cm³/mol. The number of aromatic hydroxyl groups is 1. The Morgan fingerprint density at radius 1 is 1.14 bits per heavy atom. The highest BCUT2D eigenvalue weighted by Crippen LogP contribution is 2.50. The van der Waals surface area contributed by atoms with Crippen molar-refractivity contribution in [1.29, 1.82) is 0 Å². The van der Waals surface area contributed by atoms with Gasteiger partial charge in [-0.15, -0.1) is 0 Å². The number of piperidine rings is 1. The Kier molecular flexibility index (Phi) is 5.93. The largest absolute Gasteiger partial charge is 0.504 e. The van der Waals surface area contributed by atoms with E-state index in [0.717, 1.165) is 50.8 Å². The van der Waals surface area contributed by atoms with Gasteiger partial charge in [-0.1, -0.05) is 61.4 Å². The molecular formula is C25H31NO3. The van der Waals surface area contributed by atoms with Crippen LogP contribution in [0.2, 0.25) is 0 Å². The lowest BCUT2D eigenvalue weighted by Gasteiger charge is -2.52. The molecule has 2 aromatic carbocycles. The minimum atomic E-state index is -0.590. The molecule has 0 amide bonds. The van der Waals surface area contributed by atoms with Crippen LogP contribution in [0, 0.1) is 5.92 Å². The number of hydrogen-bond acceptors (Lipinski definition) is 4. The van der Waals surface area contributed by atoms with Crippen molar-refractivity contribution in [1.82, 2.24) is 4.90 Å². The van der Waals surface area contributed by atoms with Gasteiger partial charge in [0.15, 0.2) is 11.5 Å². The van der Waals surface area contributed by atoms with E-state index in [2.05, 4.69) is 29.2 Å². The van der Waals surface area contributed by atoms with Crippen molar-refractivity contribution in [2.75, 3.05) is 20.2 Å². The molecule has 2 aromatic rings. The first-order chi connectivity index (χ1) is 14.1. The van der Waals surface area contributed by atoms with Crippen molar-refractivity contribution in [2.24, 2.45) is 5.92 Å². The Labute approximate surface area is 173 Å². The van der Waals surface area contributed by atoms with Crippen molar-refractivity contribution in [3.8, 4) is 11.5 Å². The van der Waals surface area contributed by atoms with Crippen LogP contribution in [0.15, 0.2) is 54.6 Å². The van der Waals surface area contributed by atoms with E-state index >= 15 is 0 Å². The van der Waals surface area contributed by atoms with Gasteiger partial charge in [0.25, 0.3) is 0 Å². The minimum Gasteiger partial charge on any atom is -0.504 e. The molecule has 2 fully saturated rings. The lowest BCUT2D eigenvalue weighted by atomic mass is 9.66. The van der Waals surface area contributed by atoms with Crippen molar-refractivity contribution in [3.05, 3.63) is 65.7 Å². The number of aliphatic hydroxyl groups is 1. The van der Waals surface area contributed by atoms with E-state index in [0.29, 0.717) is 5.75 Å². The van der Waals surface area contributed by atoms with Crippen LogP contribution >= 0.6 is 0 Å². The second-order valence-corrected chi connectivity index (χ2v) is 8.39. The van der Waals surface area contributed by atoms with Gasteiger partial charge in [0.05, 0.1) is 12.7 Å². The summed E-state index contributed by atoms with van der Waals surface area (Å²) < 4.78 is 5.37. The summed E-state index contributed by atoms with van der Waals surface area (Å²) in [4.78, 5) is 2.47. The summed E-state index contributed by atoms with van der Waals surface area (Å²) in [5, 5.41) is 21.5.